The standard InChI is InChI=1S/C13H13BrN2OS/c1-8-6-9(15)2-4-11(8)13(17)16-7-10-3-5-12(14)18-10/h2-6H,7,15H2,1H3,(H,16,17). The van der Waals surface area contributed by atoms with E-state index in [1.165, 1.54) is 0 Å². The van der Waals surface area contributed by atoms with E-state index < -0.39 is 0 Å². The van der Waals surface area contributed by atoms with E-state index in [0.717, 1.165) is 14.2 Å². The molecule has 0 aliphatic carbocycles. The van der Waals surface area contributed by atoms with Crippen LogP contribution in [0, 0.1) is 6.92 Å². The van der Waals surface area contributed by atoms with Crippen LogP contribution in [0.1, 0.15) is 20.8 Å². The summed E-state index contributed by atoms with van der Waals surface area (Å²) in [4.78, 5) is 13.1. The van der Waals surface area contributed by atoms with Crippen LogP contribution in [-0.4, -0.2) is 5.91 Å². The van der Waals surface area contributed by atoms with Crippen LogP contribution in [0.2, 0.25) is 0 Å². The number of rotatable bonds is 3. The maximum Gasteiger partial charge on any atom is 0.251 e. The van der Waals surface area contributed by atoms with Crippen molar-refractivity contribution < 1.29 is 4.79 Å². The number of thiophene rings is 1. The van der Waals surface area contributed by atoms with Gasteiger partial charge in [0.2, 0.25) is 0 Å². The first-order valence-electron chi connectivity index (χ1n) is 5.45. The fraction of sp³-hybridized carbons (Fsp3) is 0.154. The van der Waals surface area contributed by atoms with Gasteiger partial charge in [-0.05, 0) is 58.7 Å². The third kappa shape index (κ3) is 3.11. The first-order chi connectivity index (χ1) is 8.56. The van der Waals surface area contributed by atoms with Crippen molar-refractivity contribution in [2.24, 2.45) is 0 Å². The van der Waals surface area contributed by atoms with Gasteiger partial charge in [-0.1, -0.05) is 0 Å². The molecule has 2 rings (SSSR count). The topological polar surface area (TPSA) is 55.1 Å². The van der Waals surface area contributed by atoms with E-state index in [1.54, 1.807) is 29.5 Å². The van der Waals surface area contributed by atoms with Crippen LogP contribution in [0.4, 0.5) is 5.69 Å². The average Bonchev–Trinajstić information content (AvgIpc) is 2.72. The van der Waals surface area contributed by atoms with Crippen molar-refractivity contribution in [2.75, 3.05) is 5.73 Å². The number of hydrogen-bond acceptors (Lipinski definition) is 3. The monoisotopic (exact) mass is 324 g/mol. The Morgan fingerprint density at radius 1 is 1.39 bits per heavy atom. The van der Waals surface area contributed by atoms with E-state index in [9.17, 15) is 4.79 Å². The fourth-order valence-electron chi connectivity index (χ4n) is 1.65. The number of nitrogens with two attached hydrogens (primary N) is 1. The SMILES string of the molecule is Cc1cc(N)ccc1C(=O)NCc1ccc(Br)s1. The van der Waals surface area contributed by atoms with E-state index >= 15 is 0 Å². The molecule has 1 aromatic carbocycles. The molecule has 0 radical (unpaired) electrons. The molecule has 2 aromatic rings. The molecule has 5 heteroatoms. The number of nitrogen functional groups attached to an aromatic ring is 1. The number of amides is 1. The number of carbonyl (C=O) groups is 1. The second kappa shape index (κ2) is 5.54. The molecule has 1 heterocycles. The number of hydrogen-bond donors (Lipinski definition) is 2. The van der Waals surface area contributed by atoms with Crippen molar-refractivity contribution in [3.63, 3.8) is 0 Å². The summed E-state index contributed by atoms with van der Waals surface area (Å²) in [5.41, 5.74) is 7.89. The van der Waals surface area contributed by atoms with Gasteiger partial charge in [0, 0.05) is 16.1 Å². The van der Waals surface area contributed by atoms with Crippen molar-refractivity contribution in [2.45, 2.75) is 13.5 Å². The number of anilines is 1. The van der Waals surface area contributed by atoms with Gasteiger partial charge in [0.05, 0.1) is 10.3 Å². The largest absolute Gasteiger partial charge is 0.399 e. The summed E-state index contributed by atoms with van der Waals surface area (Å²) < 4.78 is 1.07. The van der Waals surface area contributed by atoms with Crippen LogP contribution in [0.3, 0.4) is 0 Å². The highest BCUT2D eigenvalue weighted by Crippen LogP contribution is 2.22. The fourth-order valence-corrected chi connectivity index (χ4v) is 3.07. The van der Waals surface area contributed by atoms with E-state index in [-0.39, 0.29) is 5.91 Å². The molecule has 0 atom stereocenters. The van der Waals surface area contributed by atoms with E-state index in [1.807, 2.05) is 19.1 Å². The van der Waals surface area contributed by atoms with Gasteiger partial charge in [-0.2, -0.15) is 0 Å². The van der Waals surface area contributed by atoms with Crippen molar-refractivity contribution >= 4 is 38.9 Å². The zero-order valence-corrected chi connectivity index (χ0v) is 12.3. The van der Waals surface area contributed by atoms with Crippen LogP contribution < -0.4 is 11.1 Å². The lowest BCUT2D eigenvalue weighted by Gasteiger charge is -2.07. The molecule has 0 fully saturated rings. The zero-order chi connectivity index (χ0) is 13.1. The van der Waals surface area contributed by atoms with Crippen LogP contribution in [0.25, 0.3) is 0 Å². The Balaban J connectivity index is 2.03. The molecule has 1 aromatic heterocycles. The van der Waals surface area contributed by atoms with Gasteiger partial charge in [-0.15, -0.1) is 11.3 Å². The van der Waals surface area contributed by atoms with Crippen LogP contribution in [0.5, 0.6) is 0 Å². The molecule has 18 heavy (non-hydrogen) atoms. The predicted octanol–water partition coefficient (Wildman–Crippen LogP) is 3.33. The second-order valence-corrected chi connectivity index (χ2v) is 6.51. The summed E-state index contributed by atoms with van der Waals surface area (Å²) in [5, 5.41) is 2.90. The Morgan fingerprint density at radius 2 is 2.17 bits per heavy atom. The normalized spacial score (nSPS) is 10.3. The Morgan fingerprint density at radius 3 is 2.78 bits per heavy atom. The average molecular weight is 325 g/mol. The molecule has 3 nitrogen and oxygen atoms in total. The molecule has 0 saturated heterocycles. The smallest absolute Gasteiger partial charge is 0.251 e. The lowest BCUT2D eigenvalue weighted by atomic mass is 10.1. The summed E-state index contributed by atoms with van der Waals surface area (Å²) in [6.45, 7) is 2.42. The molecule has 0 spiro atoms. The minimum Gasteiger partial charge on any atom is -0.399 e. The summed E-state index contributed by atoms with van der Waals surface area (Å²) >= 11 is 5.01. The van der Waals surface area contributed by atoms with Crippen molar-refractivity contribution in [1.29, 1.82) is 0 Å². The van der Waals surface area contributed by atoms with Crippen molar-refractivity contribution in [3.05, 3.63) is 50.1 Å². The number of benzene rings is 1. The van der Waals surface area contributed by atoms with Gasteiger partial charge in [0.1, 0.15) is 0 Å². The summed E-state index contributed by atoms with van der Waals surface area (Å²) in [6.07, 6.45) is 0. The minimum atomic E-state index is -0.0722. The van der Waals surface area contributed by atoms with Crippen LogP contribution in [-0.2, 0) is 6.54 Å². The summed E-state index contributed by atoms with van der Waals surface area (Å²) in [5.74, 6) is -0.0722. The first-order valence-corrected chi connectivity index (χ1v) is 7.06. The highest BCUT2D eigenvalue weighted by molar-refractivity contribution is 9.11. The van der Waals surface area contributed by atoms with E-state index in [0.29, 0.717) is 17.8 Å². The van der Waals surface area contributed by atoms with E-state index in [4.69, 9.17) is 5.73 Å². The van der Waals surface area contributed by atoms with E-state index in [2.05, 4.69) is 21.2 Å². The number of nitrogens with one attached hydrogen (secondary N) is 1. The lowest BCUT2D eigenvalue weighted by molar-refractivity contribution is 0.0950. The van der Waals surface area contributed by atoms with Crippen LogP contribution >= 0.6 is 27.3 Å². The molecule has 0 aliphatic rings. The molecular formula is C13H13BrN2OS. The van der Waals surface area contributed by atoms with Crippen molar-refractivity contribution in [1.82, 2.24) is 5.32 Å². The number of halogens is 1. The highest BCUT2D eigenvalue weighted by atomic mass is 79.9. The summed E-state index contributed by atoms with van der Waals surface area (Å²) in [7, 11) is 0. The first kappa shape index (κ1) is 13.1. The Kier molecular flexibility index (Phi) is 4.04. The van der Waals surface area contributed by atoms with Gasteiger partial charge in [-0.3, -0.25) is 4.79 Å². The highest BCUT2D eigenvalue weighted by Gasteiger charge is 2.09. The van der Waals surface area contributed by atoms with Gasteiger partial charge in [0.15, 0.2) is 0 Å². The molecule has 0 bridgehead atoms. The molecule has 0 unspecified atom stereocenters. The molecular weight excluding hydrogens is 312 g/mol. The molecule has 0 aliphatic heterocycles. The Hall–Kier alpha value is -1.33. The van der Waals surface area contributed by atoms with Gasteiger partial charge in [0.25, 0.3) is 5.91 Å². The lowest BCUT2D eigenvalue weighted by Crippen LogP contribution is -2.23. The Bertz CT molecular complexity index is 580. The molecule has 94 valence electrons. The molecule has 1 amide bonds. The second-order valence-electron chi connectivity index (χ2n) is 3.96. The molecule has 0 saturated carbocycles. The van der Waals surface area contributed by atoms with Gasteiger partial charge < -0.3 is 11.1 Å². The zero-order valence-electron chi connectivity index (χ0n) is 9.87. The van der Waals surface area contributed by atoms with Gasteiger partial charge >= 0.3 is 0 Å². The summed E-state index contributed by atoms with van der Waals surface area (Å²) in [6, 6.07) is 9.26. The third-order valence-electron chi connectivity index (χ3n) is 2.55. The predicted molar refractivity (Wildman–Crippen MR) is 78.8 cm³/mol. The number of carbonyl (C=O) groups excluding carboxylic acids is 1. The third-order valence-corrected chi connectivity index (χ3v) is 4.17. The number of aryl methyl sites for hydroxylation is 1. The maximum atomic E-state index is 12.0. The maximum absolute atomic E-state index is 12.0. The quantitative estimate of drug-likeness (QED) is 0.851. The molecule has 3 N–H and O–H groups in total. The Labute approximate surface area is 118 Å². The minimum absolute atomic E-state index is 0.0722. The van der Waals surface area contributed by atoms with Crippen molar-refractivity contribution in [3.8, 4) is 0 Å². The van der Waals surface area contributed by atoms with Gasteiger partial charge in [-0.25, -0.2) is 0 Å². The van der Waals surface area contributed by atoms with Crippen LogP contribution in [0.15, 0.2) is 34.1 Å².